The SMILES string of the molecule is Oc1ccc(-c2ccccc2)cc1C1CC1. The van der Waals surface area contributed by atoms with Crippen LogP contribution in [0.5, 0.6) is 5.75 Å². The number of aromatic hydroxyl groups is 1. The highest BCUT2D eigenvalue weighted by molar-refractivity contribution is 5.66. The lowest BCUT2D eigenvalue weighted by Gasteiger charge is -2.06. The molecule has 0 aromatic heterocycles. The third-order valence-electron chi connectivity index (χ3n) is 3.15. The van der Waals surface area contributed by atoms with E-state index < -0.39 is 0 Å². The van der Waals surface area contributed by atoms with Crippen molar-refractivity contribution in [2.75, 3.05) is 0 Å². The van der Waals surface area contributed by atoms with Crippen LogP contribution in [-0.4, -0.2) is 5.11 Å². The van der Waals surface area contributed by atoms with E-state index in [0.29, 0.717) is 11.7 Å². The Bertz CT molecular complexity index is 498. The molecule has 0 spiro atoms. The number of phenolic OH excluding ortho intramolecular Hbond substituents is 1. The molecule has 0 amide bonds. The average molecular weight is 210 g/mol. The third-order valence-corrected chi connectivity index (χ3v) is 3.15. The molecule has 1 saturated carbocycles. The normalized spacial score (nSPS) is 15.0. The van der Waals surface area contributed by atoms with Gasteiger partial charge in [0.25, 0.3) is 0 Å². The maximum Gasteiger partial charge on any atom is 0.119 e. The highest BCUT2D eigenvalue weighted by Crippen LogP contribution is 2.45. The number of benzene rings is 2. The van der Waals surface area contributed by atoms with E-state index in [9.17, 15) is 5.11 Å². The number of hydrogen-bond acceptors (Lipinski definition) is 1. The smallest absolute Gasteiger partial charge is 0.119 e. The van der Waals surface area contributed by atoms with Crippen LogP contribution in [0.15, 0.2) is 48.5 Å². The molecule has 1 aliphatic rings. The van der Waals surface area contributed by atoms with Gasteiger partial charge in [-0.1, -0.05) is 36.4 Å². The molecule has 0 radical (unpaired) electrons. The molecule has 2 aromatic carbocycles. The maximum atomic E-state index is 9.79. The van der Waals surface area contributed by atoms with Gasteiger partial charge in [-0.3, -0.25) is 0 Å². The molecule has 0 atom stereocenters. The zero-order valence-electron chi connectivity index (χ0n) is 9.06. The van der Waals surface area contributed by atoms with Gasteiger partial charge in [0.15, 0.2) is 0 Å². The van der Waals surface area contributed by atoms with Crippen molar-refractivity contribution in [3.63, 3.8) is 0 Å². The molecule has 16 heavy (non-hydrogen) atoms. The Kier molecular flexibility index (Phi) is 2.17. The lowest BCUT2D eigenvalue weighted by molar-refractivity contribution is 0.468. The fourth-order valence-corrected chi connectivity index (χ4v) is 2.09. The van der Waals surface area contributed by atoms with Crippen LogP contribution in [-0.2, 0) is 0 Å². The molecule has 1 N–H and O–H groups in total. The van der Waals surface area contributed by atoms with Crippen molar-refractivity contribution in [2.24, 2.45) is 0 Å². The van der Waals surface area contributed by atoms with Gasteiger partial charge >= 0.3 is 0 Å². The van der Waals surface area contributed by atoms with Gasteiger partial charge in [-0.2, -0.15) is 0 Å². The molecule has 0 aliphatic heterocycles. The molecule has 0 bridgehead atoms. The molecular weight excluding hydrogens is 196 g/mol. The standard InChI is InChI=1S/C15H14O/c16-15-9-8-13(10-14(15)12-6-7-12)11-4-2-1-3-5-11/h1-5,8-10,12,16H,6-7H2. The zero-order chi connectivity index (χ0) is 11.0. The Morgan fingerprint density at radius 3 is 2.31 bits per heavy atom. The van der Waals surface area contributed by atoms with Gasteiger partial charge in [0.1, 0.15) is 5.75 Å². The van der Waals surface area contributed by atoms with Crippen molar-refractivity contribution in [3.05, 3.63) is 54.1 Å². The van der Waals surface area contributed by atoms with E-state index in [1.807, 2.05) is 30.3 Å². The predicted octanol–water partition coefficient (Wildman–Crippen LogP) is 3.94. The second-order valence-corrected chi connectivity index (χ2v) is 4.41. The van der Waals surface area contributed by atoms with Gasteiger partial charge in [0, 0.05) is 0 Å². The van der Waals surface area contributed by atoms with Crippen LogP contribution in [0.25, 0.3) is 11.1 Å². The summed E-state index contributed by atoms with van der Waals surface area (Å²) in [5.41, 5.74) is 3.52. The van der Waals surface area contributed by atoms with Crippen molar-refractivity contribution < 1.29 is 5.11 Å². The molecule has 80 valence electrons. The summed E-state index contributed by atoms with van der Waals surface area (Å²) in [7, 11) is 0. The first-order valence-electron chi connectivity index (χ1n) is 5.73. The Morgan fingerprint density at radius 1 is 0.875 bits per heavy atom. The largest absolute Gasteiger partial charge is 0.508 e. The molecule has 0 unspecified atom stereocenters. The summed E-state index contributed by atoms with van der Waals surface area (Å²) in [6.07, 6.45) is 2.43. The van der Waals surface area contributed by atoms with Gasteiger partial charge in [-0.05, 0) is 47.6 Å². The van der Waals surface area contributed by atoms with Crippen LogP contribution in [0, 0.1) is 0 Å². The van der Waals surface area contributed by atoms with Crippen molar-refractivity contribution in [1.29, 1.82) is 0 Å². The molecule has 0 heterocycles. The van der Waals surface area contributed by atoms with E-state index in [4.69, 9.17) is 0 Å². The second-order valence-electron chi connectivity index (χ2n) is 4.41. The molecule has 1 aliphatic carbocycles. The Labute approximate surface area is 95.4 Å². The molecule has 1 fully saturated rings. The maximum absolute atomic E-state index is 9.79. The van der Waals surface area contributed by atoms with Crippen molar-refractivity contribution >= 4 is 0 Å². The summed E-state index contributed by atoms with van der Waals surface area (Å²) < 4.78 is 0. The summed E-state index contributed by atoms with van der Waals surface area (Å²) in [6, 6.07) is 16.2. The number of hydrogen-bond donors (Lipinski definition) is 1. The summed E-state index contributed by atoms with van der Waals surface area (Å²) in [5.74, 6) is 1.03. The first-order valence-corrected chi connectivity index (χ1v) is 5.73. The van der Waals surface area contributed by atoms with E-state index in [2.05, 4.69) is 18.2 Å². The fraction of sp³-hybridized carbons (Fsp3) is 0.200. The Morgan fingerprint density at radius 2 is 1.62 bits per heavy atom. The molecule has 2 aromatic rings. The highest BCUT2D eigenvalue weighted by atomic mass is 16.3. The van der Waals surface area contributed by atoms with Gasteiger partial charge in [-0.25, -0.2) is 0 Å². The van der Waals surface area contributed by atoms with Crippen molar-refractivity contribution in [2.45, 2.75) is 18.8 Å². The summed E-state index contributed by atoms with van der Waals surface area (Å²) in [5, 5.41) is 9.79. The Hall–Kier alpha value is -1.76. The monoisotopic (exact) mass is 210 g/mol. The van der Waals surface area contributed by atoms with Crippen molar-refractivity contribution in [3.8, 4) is 16.9 Å². The van der Waals surface area contributed by atoms with E-state index >= 15 is 0 Å². The van der Waals surface area contributed by atoms with Crippen molar-refractivity contribution in [1.82, 2.24) is 0 Å². The van der Waals surface area contributed by atoms with Gasteiger partial charge in [0.2, 0.25) is 0 Å². The van der Waals surface area contributed by atoms with Crippen LogP contribution < -0.4 is 0 Å². The summed E-state index contributed by atoms with van der Waals surface area (Å²) >= 11 is 0. The molecule has 1 nitrogen and oxygen atoms in total. The summed E-state index contributed by atoms with van der Waals surface area (Å²) in [6.45, 7) is 0. The van der Waals surface area contributed by atoms with Crippen LogP contribution in [0.1, 0.15) is 24.3 Å². The van der Waals surface area contributed by atoms with Crippen LogP contribution in [0.4, 0.5) is 0 Å². The number of phenols is 1. The summed E-state index contributed by atoms with van der Waals surface area (Å²) in [4.78, 5) is 0. The minimum absolute atomic E-state index is 0.446. The highest BCUT2D eigenvalue weighted by Gasteiger charge is 2.26. The first kappa shape index (κ1) is 9.46. The third kappa shape index (κ3) is 1.69. The number of rotatable bonds is 2. The second kappa shape index (κ2) is 3.67. The molecular formula is C15H14O. The van der Waals surface area contributed by atoms with E-state index in [1.165, 1.54) is 24.0 Å². The molecule has 1 heteroatoms. The quantitative estimate of drug-likeness (QED) is 0.796. The van der Waals surface area contributed by atoms with E-state index in [-0.39, 0.29) is 0 Å². The van der Waals surface area contributed by atoms with Gasteiger partial charge in [-0.15, -0.1) is 0 Å². The average Bonchev–Trinajstić information content (AvgIpc) is 3.15. The minimum Gasteiger partial charge on any atom is -0.508 e. The van der Waals surface area contributed by atoms with Gasteiger partial charge < -0.3 is 5.11 Å². The topological polar surface area (TPSA) is 20.2 Å². The Balaban J connectivity index is 2.05. The first-order chi connectivity index (χ1) is 7.84. The predicted molar refractivity (Wildman–Crippen MR) is 65.5 cm³/mol. The van der Waals surface area contributed by atoms with Crippen LogP contribution >= 0.6 is 0 Å². The minimum atomic E-state index is 0.446. The fourth-order valence-electron chi connectivity index (χ4n) is 2.09. The van der Waals surface area contributed by atoms with E-state index in [1.54, 1.807) is 0 Å². The zero-order valence-corrected chi connectivity index (χ0v) is 9.06. The lowest BCUT2D eigenvalue weighted by atomic mass is 10.0. The van der Waals surface area contributed by atoms with Gasteiger partial charge in [0.05, 0.1) is 0 Å². The molecule has 0 saturated heterocycles. The van der Waals surface area contributed by atoms with Crippen LogP contribution in [0.3, 0.4) is 0 Å². The van der Waals surface area contributed by atoms with Crippen LogP contribution in [0.2, 0.25) is 0 Å². The van der Waals surface area contributed by atoms with E-state index in [0.717, 1.165) is 5.56 Å². The lowest BCUT2D eigenvalue weighted by Crippen LogP contribution is -1.83. The molecule has 3 rings (SSSR count).